The highest BCUT2D eigenvalue weighted by molar-refractivity contribution is 7.89. The van der Waals surface area contributed by atoms with E-state index in [9.17, 15) is 13.2 Å². The number of sulfonamides is 1. The molecule has 0 atom stereocenters. The highest BCUT2D eigenvalue weighted by atomic mass is 32.2. The van der Waals surface area contributed by atoms with Crippen molar-refractivity contribution in [3.63, 3.8) is 0 Å². The normalized spacial score (nSPS) is 11.2. The third-order valence-corrected chi connectivity index (χ3v) is 3.92. The summed E-state index contributed by atoms with van der Waals surface area (Å²) >= 11 is 0. The predicted octanol–water partition coefficient (Wildman–Crippen LogP) is 0.0254. The molecule has 0 aliphatic carbocycles. The molecule has 0 unspecified atom stereocenters. The zero-order valence-electron chi connectivity index (χ0n) is 10.4. The molecule has 0 spiro atoms. The molecule has 1 aromatic carbocycles. The van der Waals surface area contributed by atoms with Gasteiger partial charge in [0.1, 0.15) is 0 Å². The summed E-state index contributed by atoms with van der Waals surface area (Å²) in [6.07, 6.45) is 0. The molecule has 7 heteroatoms. The van der Waals surface area contributed by atoms with E-state index < -0.39 is 10.0 Å². The molecule has 6 nitrogen and oxygen atoms in total. The van der Waals surface area contributed by atoms with E-state index in [0.717, 1.165) is 0 Å². The number of likely N-dealkylation sites (N-methyl/N-ethyl adjacent to an activating group) is 1. The van der Waals surface area contributed by atoms with Crippen molar-refractivity contribution >= 4 is 21.6 Å². The lowest BCUT2D eigenvalue weighted by molar-refractivity contribution is -0.128. The van der Waals surface area contributed by atoms with Crippen LogP contribution in [0.4, 0.5) is 5.69 Å². The topological polar surface area (TPSA) is 92.5 Å². The van der Waals surface area contributed by atoms with Crippen LogP contribution >= 0.6 is 0 Å². The van der Waals surface area contributed by atoms with Crippen LogP contribution in [0.25, 0.3) is 0 Å². The second kappa shape index (κ2) is 5.83. The minimum Gasteiger partial charge on any atom is -0.399 e. The molecule has 0 heterocycles. The Morgan fingerprint density at radius 1 is 1.33 bits per heavy atom. The van der Waals surface area contributed by atoms with Crippen LogP contribution in [-0.4, -0.2) is 39.4 Å². The number of benzene rings is 1. The van der Waals surface area contributed by atoms with Crippen molar-refractivity contribution < 1.29 is 13.2 Å². The van der Waals surface area contributed by atoms with E-state index in [-0.39, 0.29) is 17.3 Å². The number of anilines is 1. The Hall–Kier alpha value is -1.60. The maximum Gasteiger partial charge on any atom is 0.241 e. The average Bonchev–Trinajstić information content (AvgIpc) is 2.35. The van der Waals surface area contributed by atoms with Gasteiger partial charge < -0.3 is 10.6 Å². The number of nitrogens with two attached hydrogens (primary N) is 1. The molecule has 100 valence electrons. The monoisotopic (exact) mass is 271 g/mol. The van der Waals surface area contributed by atoms with Crippen molar-refractivity contribution in [3.8, 4) is 0 Å². The minimum absolute atomic E-state index is 0.0867. The summed E-state index contributed by atoms with van der Waals surface area (Å²) < 4.78 is 25.9. The average molecular weight is 271 g/mol. The summed E-state index contributed by atoms with van der Waals surface area (Å²) in [4.78, 5) is 13.0. The number of carbonyl (C=O) groups is 1. The lowest BCUT2D eigenvalue weighted by Crippen LogP contribution is -2.37. The maximum absolute atomic E-state index is 11.8. The third-order valence-electron chi connectivity index (χ3n) is 2.50. The number of nitrogen functional groups attached to an aromatic ring is 1. The van der Waals surface area contributed by atoms with Gasteiger partial charge in [-0.3, -0.25) is 4.79 Å². The summed E-state index contributed by atoms with van der Waals surface area (Å²) in [6, 6.07) is 5.78. The highest BCUT2D eigenvalue weighted by Gasteiger charge is 2.16. The molecule has 0 saturated heterocycles. The molecule has 0 bridgehead atoms. The quantitative estimate of drug-likeness (QED) is 0.739. The van der Waals surface area contributed by atoms with Crippen molar-refractivity contribution in [1.82, 2.24) is 9.62 Å². The van der Waals surface area contributed by atoms with Gasteiger partial charge in [0, 0.05) is 19.3 Å². The van der Waals surface area contributed by atoms with Gasteiger partial charge in [-0.1, -0.05) is 0 Å². The second-order valence-electron chi connectivity index (χ2n) is 3.80. The molecule has 1 rings (SSSR count). The SMILES string of the molecule is CCN(C)C(=O)CNS(=O)(=O)c1ccc(N)cc1. The van der Waals surface area contributed by atoms with E-state index in [1.807, 2.05) is 6.92 Å². The van der Waals surface area contributed by atoms with Gasteiger partial charge in [-0.15, -0.1) is 0 Å². The number of hydrogen-bond acceptors (Lipinski definition) is 4. The number of rotatable bonds is 5. The van der Waals surface area contributed by atoms with E-state index in [1.165, 1.54) is 29.2 Å². The Balaban J connectivity index is 2.71. The van der Waals surface area contributed by atoms with E-state index in [4.69, 9.17) is 5.73 Å². The number of nitrogens with one attached hydrogen (secondary N) is 1. The molecular weight excluding hydrogens is 254 g/mol. The lowest BCUT2D eigenvalue weighted by Gasteiger charge is -2.14. The summed E-state index contributed by atoms with van der Waals surface area (Å²) in [7, 11) is -2.06. The summed E-state index contributed by atoms with van der Waals surface area (Å²) in [5.74, 6) is -0.281. The standard InChI is InChI=1S/C11H17N3O3S/c1-3-14(2)11(15)8-13-18(16,17)10-6-4-9(12)5-7-10/h4-7,13H,3,8,12H2,1-2H3. The molecule has 18 heavy (non-hydrogen) atoms. The van der Waals surface area contributed by atoms with Crippen LogP contribution in [0, 0.1) is 0 Å². The maximum atomic E-state index is 11.8. The predicted molar refractivity (Wildman–Crippen MR) is 69.4 cm³/mol. The van der Waals surface area contributed by atoms with Crippen LogP contribution in [0.3, 0.4) is 0 Å². The summed E-state index contributed by atoms with van der Waals surface area (Å²) in [6.45, 7) is 2.09. The molecule has 1 aromatic rings. The minimum atomic E-state index is -3.67. The summed E-state index contributed by atoms with van der Waals surface area (Å²) in [5, 5.41) is 0. The van der Waals surface area contributed by atoms with E-state index >= 15 is 0 Å². The highest BCUT2D eigenvalue weighted by Crippen LogP contribution is 2.10. The van der Waals surface area contributed by atoms with Gasteiger partial charge in [0.25, 0.3) is 0 Å². The van der Waals surface area contributed by atoms with Gasteiger partial charge in [0.15, 0.2) is 0 Å². The van der Waals surface area contributed by atoms with Gasteiger partial charge in [-0.2, -0.15) is 0 Å². The lowest BCUT2D eigenvalue weighted by atomic mass is 10.3. The Morgan fingerprint density at radius 2 is 1.89 bits per heavy atom. The molecule has 0 aliphatic heterocycles. The third kappa shape index (κ3) is 3.71. The second-order valence-corrected chi connectivity index (χ2v) is 5.57. The smallest absolute Gasteiger partial charge is 0.241 e. The van der Waals surface area contributed by atoms with Gasteiger partial charge in [-0.05, 0) is 31.2 Å². The number of amides is 1. The zero-order valence-corrected chi connectivity index (χ0v) is 11.2. The first-order valence-corrected chi connectivity index (χ1v) is 6.94. The van der Waals surface area contributed by atoms with Crippen molar-refractivity contribution in [2.24, 2.45) is 0 Å². The van der Waals surface area contributed by atoms with Gasteiger partial charge in [-0.25, -0.2) is 13.1 Å². The Labute approximate surface area is 107 Å². The number of carbonyl (C=O) groups excluding carboxylic acids is 1. The van der Waals surface area contributed by atoms with Gasteiger partial charge >= 0.3 is 0 Å². The van der Waals surface area contributed by atoms with Crippen molar-refractivity contribution in [1.29, 1.82) is 0 Å². The Kier molecular flexibility index (Phi) is 4.69. The van der Waals surface area contributed by atoms with Crippen LogP contribution in [0.2, 0.25) is 0 Å². The van der Waals surface area contributed by atoms with Crippen LogP contribution in [0.15, 0.2) is 29.2 Å². The molecule has 0 aromatic heterocycles. The van der Waals surface area contributed by atoms with Crippen molar-refractivity contribution in [2.75, 3.05) is 25.9 Å². The van der Waals surface area contributed by atoms with Crippen LogP contribution < -0.4 is 10.5 Å². The Bertz CT molecular complexity index is 511. The Morgan fingerprint density at radius 3 is 2.39 bits per heavy atom. The fourth-order valence-corrected chi connectivity index (χ4v) is 2.17. The van der Waals surface area contributed by atoms with Crippen LogP contribution in [0.1, 0.15) is 6.92 Å². The van der Waals surface area contributed by atoms with E-state index in [2.05, 4.69) is 4.72 Å². The van der Waals surface area contributed by atoms with Crippen molar-refractivity contribution in [3.05, 3.63) is 24.3 Å². The number of nitrogens with zero attached hydrogens (tertiary/aromatic N) is 1. The molecule has 0 saturated carbocycles. The molecule has 3 N–H and O–H groups in total. The molecule has 1 amide bonds. The van der Waals surface area contributed by atoms with Gasteiger partial charge in [0.05, 0.1) is 11.4 Å². The van der Waals surface area contributed by atoms with E-state index in [1.54, 1.807) is 7.05 Å². The molecule has 0 radical (unpaired) electrons. The molecule has 0 aliphatic rings. The fraction of sp³-hybridized carbons (Fsp3) is 0.364. The van der Waals surface area contributed by atoms with E-state index in [0.29, 0.717) is 12.2 Å². The fourth-order valence-electron chi connectivity index (χ4n) is 1.20. The molecular formula is C11H17N3O3S. The first-order valence-electron chi connectivity index (χ1n) is 5.46. The zero-order chi connectivity index (χ0) is 13.8. The van der Waals surface area contributed by atoms with Crippen LogP contribution in [-0.2, 0) is 14.8 Å². The first kappa shape index (κ1) is 14.5. The van der Waals surface area contributed by atoms with Crippen molar-refractivity contribution in [2.45, 2.75) is 11.8 Å². The largest absolute Gasteiger partial charge is 0.399 e. The number of hydrogen-bond donors (Lipinski definition) is 2. The van der Waals surface area contributed by atoms with Crippen LogP contribution in [0.5, 0.6) is 0 Å². The molecule has 0 fully saturated rings. The van der Waals surface area contributed by atoms with Gasteiger partial charge in [0.2, 0.25) is 15.9 Å². The summed E-state index contributed by atoms with van der Waals surface area (Å²) in [5.41, 5.74) is 5.96. The first-order chi connectivity index (χ1) is 8.36.